The maximum absolute atomic E-state index is 9.24. The first-order chi connectivity index (χ1) is 13.3. The number of aliphatic imine (C=N–C) groups is 1. The highest BCUT2D eigenvalue weighted by atomic mass is 16.5. The van der Waals surface area contributed by atoms with Crippen LogP contribution in [0, 0.1) is 5.92 Å². The van der Waals surface area contributed by atoms with Gasteiger partial charge in [0, 0.05) is 31.5 Å². The smallest absolute Gasteiger partial charge is 0.218 e. The highest BCUT2D eigenvalue weighted by Gasteiger charge is 2.18. The molecule has 0 spiro atoms. The molecule has 1 heterocycles. The van der Waals surface area contributed by atoms with E-state index in [4.69, 9.17) is 9.73 Å². The van der Waals surface area contributed by atoms with Crippen molar-refractivity contribution in [2.45, 2.75) is 71.4 Å². The maximum atomic E-state index is 9.24. The topological polar surface area (TPSA) is 78.8 Å². The van der Waals surface area contributed by atoms with Crippen LogP contribution >= 0.6 is 0 Å². The summed E-state index contributed by atoms with van der Waals surface area (Å²) in [6, 6.07) is 3.97. The Morgan fingerprint density at radius 1 is 1.30 bits per heavy atom. The second kappa shape index (κ2) is 12.5. The Bertz CT molecular complexity index is 553. The fourth-order valence-electron chi connectivity index (χ4n) is 3.50. The molecule has 0 bridgehead atoms. The predicted molar refractivity (Wildman–Crippen MR) is 110 cm³/mol. The van der Waals surface area contributed by atoms with Crippen molar-refractivity contribution in [3.63, 3.8) is 0 Å². The monoisotopic (exact) mass is 376 g/mol. The van der Waals surface area contributed by atoms with Crippen LogP contribution in [0.25, 0.3) is 0 Å². The Balaban J connectivity index is 1.96. The van der Waals surface area contributed by atoms with Crippen molar-refractivity contribution < 1.29 is 9.84 Å². The van der Waals surface area contributed by atoms with Crippen LogP contribution in [-0.4, -0.2) is 41.9 Å². The van der Waals surface area contributed by atoms with Crippen LogP contribution in [0.5, 0.6) is 5.88 Å². The summed E-state index contributed by atoms with van der Waals surface area (Å²) in [4.78, 5) is 9.15. The molecule has 3 N–H and O–H groups in total. The average Bonchev–Trinajstić information content (AvgIpc) is 3.18. The Morgan fingerprint density at radius 3 is 2.81 bits per heavy atom. The Labute approximate surface area is 163 Å². The number of nitrogens with zero attached hydrogens (tertiary/aromatic N) is 2. The van der Waals surface area contributed by atoms with E-state index in [0.29, 0.717) is 24.4 Å². The Morgan fingerprint density at radius 2 is 2.11 bits per heavy atom. The third-order valence-electron chi connectivity index (χ3n) is 4.97. The van der Waals surface area contributed by atoms with Gasteiger partial charge in [-0.1, -0.05) is 19.4 Å². The first kappa shape index (κ1) is 21.5. The van der Waals surface area contributed by atoms with Crippen LogP contribution in [0.4, 0.5) is 0 Å². The van der Waals surface area contributed by atoms with Crippen molar-refractivity contribution in [3.05, 3.63) is 23.9 Å². The number of pyridine rings is 1. The van der Waals surface area contributed by atoms with Gasteiger partial charge in [0.1, 0.15) is 6.10 Å². The van der Waals surface area contributed by atoms with Crippen LogP contribution in [-0.2, 0) is 6.54 Å². The number of aliphatic hydroxyl groups is 1. The molecule has 0 amide bonds. The number of guanidine groups is 1. The van der Waals surface area contributed by atoms with Crippen molar-refractivity contribution in [3.8, 4) is 5.88 Å². The molecule has 1 atom stereocenters. The van der Waals surface area contributed by atoms with E-state index in [1.807, 2.05) is 12.1 Å². The summed E-state index contributed by atoms with van der Waals surface area (Å²) in [5.41, 5.74) is 1.02. The molecule has 27 heavy (non-hydrogen) atoms. The summed E-state index contributed by atoms with van der Waals surface area (Å²) < 4.78 is 6.11. The van der Waals surface area contributed by atoms with Crippen molar-refractivity contribution in [2.24, 2.45) is 10.9 Å². The van der Waals surface area contributed by atoms with E-state index in [-0.39, 0.29) is 6.61 Å². The van der Waals surface area contributed by atoms with Gasteiger partial charge in [0.05, 0.1) is 6.54 Å². The molecule has 0 aromatic carbocycles. The summed E-state index contributed by atoms with van der Waals surface area (Å²) in [5.74, 6) is 1.98. The van der Waals surface area contributed by atoms with E-state index < -0.39 is 0 Å². The molecule has 1 saturated carbocycles. The lowest BCUT2D eigenvalue weighted by Gasteiger charge is -2.18. The molecular formula is C21H36N4O2. The van der Waals surface area contributed by atoms with E-state index in [0.717, 1.165) is 56.7 Å². The third kappa shape index (κ3) is 7.75. The number of hydrogen-bond donors (Lipinski definition) is 3. The molecule has 1 fully saturated rings. The summed E-state index contributed by atoms with van der Waals surface area (Å²) in [6.45, 7) is 6.63. The highest BCUT2D eigenvalue weighted by molar-refractivity contribution is 5.79. The quantitative estimate of drug-likeness (QED) is 0.408. The first-order valence-corrected chi connectivity index (χ1v) is 10.5. The van der Waals surface area contributed by atoms with Crippen molar-refractivity contribution in [2.75, 3.05) is 19.7 Å². The van der Waals surface area contributed by atoms with E-state index >= 15 is 0 Å². The number of hydrogen-bond acceptors (Lipinski definition) is 4. The van der Waals surface area contributed by atoms with Gasteiger partial charge < -0.3 is 20.5 Å². The minimum Gasteiger partial charge on any atom is -0.474 e. The maximum Gasteiger partial charge on any atom is 0.218 e. The average molecular weight is 377 g/mol. The SMILES string of the molecule is CCCC(CCO)CNC(=NCc1cccnc1OC1CCCC1)NCC. The van der Waals surface area contributed by atoms with E-state index in [1.54, 1.807) is 6.20 Å². The molecule has 6 heteroatoms. The Hall–Kier alpha value is -1.82. The zero-order valence-corrected chi connectivity index (χ0v) is 16.9. The highest BCUT2D eigenvalue weighted by Crippen LogP contribution is 2.25. The lowest BCUT2D eigenvalue weighted by Crippen LogP contribution is -2.40. The molecule has 6 nitrogen and oxygen atoms in total. The minimum absolute atomic E-state index is 0.234. The molecule has 0 radical (unpaired) electrons. The number of aliphatic hydroxyl groups excluding tert-OH is 1. The van der Waals surface area contributed by atoms with Gasteiger partial charge in [-0.2, -0.15) is 0 Å². The van der Waals surface area contributed by atoms with Gasteiger partial charge in [-0.15, -0.1) is 0 Å². The molecule has 1 aliphatic rings. The van der Waals surface area contributed by atoms with Crippen molar-refractivity contribution in [1.29, 1.82) is 0 Å². The van der Waals surface area contributed by atoms with Crippen molar-refractivity contribution >= 4 is 5.96 Å². The summed E-state index contributed by atoms with van der Waals surface area (Å²) >= 11 is 0. The standard InChI is InChI=1S/C21H36N4O2/c1-3-8-17(12-14-26)15-24-21(22-4-2)25-16-18-9-7-13-23-20(18)27-19-10-5-6-11-19/h7,9,13,17,19,26H,3-6,8,10-12,14-16H2,1-2H3,(H2,22,24,25). The number of ether oxygens (including phenoxy) is 1. The van der Waals surface area contributed by atoms with Gasteiger partial charge in [-0.05, 0) is 57.4 Å². The van der Waals surface area contributed by atoms with Gasteiger partial charge in [-0.25, -0.2) is 9.98 Å². The lowest BCUT2D eigenvalue weighted by atomic mass is 10.0. The number of rotatable bonds is 11. The van der Waals surface area contributed by atoms with Crippen LogP contribution in [0.1, 0.15) is 64.4 Å². The van der Waals surface area contributed by atoms with Gasteiger partial charge in [0.25, 0.3) is 0 Å². The zero-order chi connectivity index (χ0) is 19.3. The van der Waals surface area contributed by atoms with Gasteiger partial charge in [0.2, 0.25) is 5.88 Å². The molecule has 152 valence electrons. The van der Waals surface area contributed by atoms with E-state index in [2.05, 4.69) is 29.5 Å². The Kier molecular flexibility index (Phi) is 9.98. The van der Waals surface area contributed by atoms with Crippen LogP contribution < -0.4 is 15.4 Å². The van der Waals surface area contributed by atoms with Gasteiger partial charge in [-0.3, -0.25) is 0 Å². The van der Waals surface area contributed by atoms with Crippen LogP contribution in [0.15, 0.2) is 23.3 Å². The summed E-state index contributed by atoms with van der Waals surface area (Å²) in [7, 11) is 0. The van der Waals surface area contributed by atoms with Crippen LogP contribution in [0.3, 0.4) is 0 Å². The third-order valence-corrected chi connectivity index (χ3v) is 4.97. The fraction of sp³-hybridized carbons (Fsp3) is 0.714. The predicted octanol–water partition coefficient (Wildman–Crippen LogP) is 3.26. The minimum atomic E-state index is 0.234. The molecular weight excluding hydrogens is 340 g/mol. The molecule has 1 aliphatic carbocycles. The second-order valence-corrected chi connectivity index (χ2v) is 7.24. The van der Waals surface area contributed by atoms with Gasteiger partial charge in [0.15, 0.2) is 5.96 Å². The fourth-order valence-corrected chi connectivity index (χ4v) is 3.50. The molecule has 1 aromatic heterocycles. The first-order valence-electron chi connectivity index (χ1n) is 10.5. The molecule has 1 unspecified atom stereocenters. The number of nitrogens with one attached hydrogen (secondary N) is 2. The van der Waals surface area contributed by atoms with E-state index in [9.17, 15) is 5.11 Å². The summed E-state index contributed by atoms with van der Waals surface area (Å²) in [5, 5.41) is 16.0. The summed E-state index contributed by atoms with van der Waals surface area (Å²) in [6.07, 6.45) is 9.85. The van der Waals surface area contributed by atoms with Crippen molar-refractivity contribution in [1.82, 2.24) is 15.6 Å². The van der Waals surface area contributed by atoms with E-state index in [1.165, 1.54) is 12.8 Å². The molecule has 1 aromatic rings. The lowest BCUT2D eigenvalue weighted by molar-refractivity contribution is 0.199. The molecule has 2 rings (SSSR count). The van der Waals surface area contributed by atoms with Crippen LogP contribution in [0.2, 0.25) is 0 Å². The molecule has 0 aliphatic heterocycles. The second-order valence-electron chi connectivity index (χ2n) is 7.24. The largest absolute Gasteiger partial charge is 0.474 e. The number of aromatic nitrogens is 1. The normalized spacial score (nSPS) is 16.3. The van der Waals surface area contributed by atoms with Gasteiger partial charge >= 0.3 is 0 Å². The molecule has 0 saturated heterocycles. The zero-order valence-electron chi connectivity index (χ0n) is 16.9.